The van der Waals surface area contributed by atoms with Gasteiger partial charge < -0.3 is 4.74 Å². The van der Waals surface area contributed by atoms with Crippen LogP contribution in [0.2, 0.25) is 0 Å². The van der Waals surface area contributed by atoms with Gasteiger partial charge in [0, 0.05) is 6.42 Å². The molecule has 1 aliphatic heterocycles. The van der Waals surface area contributed by atoms with Crippen molar-refractivity contribution in [3.63, 3.8) is 0 Å². The van der Waals surface area contributed by atoms with Gasteiger partial charge in [0.1, 0.15) is 6.10 Å². The monoisotopic (exact) mass is 145 g/mol. The van der Waals surface area contributed by atoms with Gasteiger partial charge in [0.25, 0.3) is 0 Å². The first-order valence-corrected chi connectivity index (χ1v) is 3.35. The number of carbonyl (C=O) groups is 1. The van der Waals surface area contributed by atoms with Crippen LogP contribution in [0.4, 0.5) is 0 Å². The number of hydrogen-bond acceptors (Lipinski definition) is 3. The lowest BCUT2D eigenvalue weighted by molar-refractivity contribution is -0.174. The van der Waals surface area contributed by atoms with E-state index in [1.165, 1.54) is 0 Å². The molecule has 1 fully saturated rings. The Morgan fingerprint density at radius 2 is 2.50 bits per heavy atom. The summed E-state index contributed by atoms with van der Waals surface area (Å²) in [5, 5.41) is 0. The summed E-state index contributed by atoms with van der Waals surface area (Å²) in [4.78, 5) is 15.5. The highest BCUT2D eigenvalue weighted by Crippen LogP contribution is 2.02. The normalized spacial score (nSPS) is 18.1. The number of amides is 1. The zero-order valence-corrected chi connectivity index (χ0v) is 5.92. The van der Waals surface area contributed by atoms with Crippen molar-refractivity contribution in [2.75, 3.05) is 13.2 Å². The van der Waals surface area contributed by atoms with Crippen LogP contribution in [0.25, 0.3) is 0 Å². The third kappa shape index (κ3) is 1.97. The van der Waals surface area contributed by atoms with Crippen molar-refractivity contribution >= 4 is 5.91 Å². The lowest BCUT2D eigenvalue weighted by Gasteiger charge is -2.24. The SMILES string of the molecule is CCC(=O)NOC1COC1. The van der Waals surface area contributed by atoms with E-state index >= 15 is 0 Å². The molecule has 4 nitrogen and oxygen atoms in total. The summed E-state index contributed by atoms with van der Waals surface area (Å²) in [5.41, 5.74) is 2.32. The van der Waals surface area contributed by atoms with Gasteiger partial charge in [-0.1, -0.05) is 6.92 Å². The highest BCUT2D eigenvalue weighted by atomic mass is 16.7. The standard InChI is InChI=1S/C6H11NO3/c1-2-6(8)7-10-5-3-9-4-5/h5H,2-4H2,1H3,(H,7,8). The van der Waals surface area contributed by atoms with Gasteiger partial charge in [0.05, 0.1) is 13.2 Å². The zero-order valence-electron chi connectivity index (χ0n) is 5.92. The minimum atomic E-state index is -0.0908. The van der Waals surface area contributed by atoms with Crippen molar-refractivity contribution in [1.29, 1.82) is 0 Å². The van der Waals surface area contributed by atoms with E-state index in [-0.39, 0.29) is 12.0 Å². The fraction of sp³-hybridized carbons (Fsp3) is 0.833. The maximum atomic E-state index is 10.6. The predicted octanol–water partition coefficient (Wildman–Crippen LogP) is -0.157. The second-order valence-corrected chi connectivity index (χ2v) is 2.16. The quantitative estimate of drug-likeness (QED) is 0.561. The van der Waals surface area contributed by atoms with Gasteiger partial charge in [-0.2, -0.15) is 0 Å². The molecule has 0 aromatic heterocycles. The van der Waals surface area contributed by atoms with E-state index in [2.05, 4.69) is 5.48 Å². The van der Waals surface area contributed by atoms with E-state index in [0.29, 0.717) is 19.6 Å². The van der Waals surface area contributed by atoms with Gasteiger partial charge in [-0.3, -0.25) is 9.63 Å². The topological polar surface area (TPSA) is 47.6 Å². The highest BCUT2D eigenvalue weighted by molar-refractivity contribution is 5.74. The van der Waals surface area contributed by atoms with Crippen molar-refractivity contribution < 1.29 is 14.4 Å². The Bertz CT molecular complexity index is 122. The van der Waals surface area contributed by atoms with E-state index in [1.807, 2.05) is 0 Å². The van der Waals surface area contributed by atoms with E-state index in [4.69, 9.17) is 9.57 Å². The van der Waals surface area contributed by atoms with Gasteiger partial charge in [-0.15, -0.1) is 0 Å². The van der Waals surface area contributed by atoms with Crippen molar-refractivity contribution in [2.45, 2.75) is 19.4 Å². The summed E-state index contributed by atoms with van der Waals surface area (Å²) in [5.74, 6) is -0.0908. The molecule has 0 aromatic rings. The Balaban J connectivity index is 1.98. The van der Waals surface area contributed by atoms with E-state index in [0.717, 1.165) is 0 Å². The zero-order chi connectivity index (χ0) is 7.40. The fourth-order valence-corrected chi connectivity index (χ4v) is 0.503. The van der Waals surface area contributed by atoms with Crippen LogP contribution in [-0.4, -0.2) is 25.2 Å². The van der Waals surface area contributed by atoms with Crippen LogP contribution in [0.5, 0.6) is 0 Å². The number of nitrogens with one attached hydrogen (secondary N) is 1. The van der Waals surface area contributed by atoms with Crippen LogP contribution < -0.4 is 5.48 Å². The van der Waals surface area contributed by atoms with E-state index in [9.17, 15) is 4.79 Å². The summed E-state index contributed by atoms with van der Waals surface area (Å²) in [7, 11) is 0. The Morgan fingerprint density at radius 1 is 1.80 bits per heavy atom. The lowest BCUT2D eigenvalue weighted by Crippen LogP contribution is -2.41. The van der Waals surface area contributed by atoms with Gasteiger partial charge in [0.15, 0.2) is 0 Å². The van der Waals surface area contributed by atoms with Crippen LogP contribution in [0.3, 0.4) is 0 Å². The summed E-state index contributed by atoms with van der Waals surface area (Å²) >= 11 is 0. The first-order valence-electron chi connectivity index (χ1n) is 3.35. The average Bonchev–Trinajstić information content (AvgIpc) is 1.84. The summed E-state index contributed by atoms with van der Waals surface area (Å²) in [6, 6.07) is 0. The van der Waals surface area contributed by atoms with Crippen LogP contribution in [0.15, 0.2) is 0 Å². The molecule has 58 valence electrons. The van der Waals surface area contributed by atoms with Crippen molar-refractivity contribution in [2.24, 2.45) is 0 Å². The molecule has 1 heterocycles. The maximum absolute atomic E-state index is 10.6. The van der Waals surface area contributed by atoms with E-state index in [1.54, 1.807) is 6.92 Å². The predicted molar refractivity (Wildman–Crippen MR) is 34.1 cm³/mol. The molecule has 0 atom stereocenters. The Kier molecular flexibility index (Phi) is 2.65. The molecule has 0 saturated carbocycles. The lowest BCUT2D eigenvalue weighted by atomic mass is 10.3. The van der Waals surface area contributed by atoms with Gasteiger partial charge in [-0.25, -0.2) is 5.48 Å². The summed E-state index contributed by atoms with van der Waals surface area (Å²) < 4.78 is 4.82. The number of hydroxylamine groups is 1. The first-order chi connectivity index (χ1) is 4.83. The van der Waals surface area contributed by atoms with Crippen molar-refractivity contribution in [1.82, 2.24) is 5.48 Å². The first kappa shape index (κ1) is 7.50. The molecule has 1 saturated heterocycles. The van der Waals surface area contributed by atoms with Gasteiger partial charge in [0.2, 0.25) is 5.91 Å². The molecule has 1 aliphatic rings. The summed E-state index contributed by atoms with van der Waals surface area (Å²) in [6.45, 7) is 2.95. The minimum absolute atomic E-state index is 0.0653. The largest absolute Gasteiger partial charge is 0.376 e. The molecule has 1 amide bonds. The molecule has 0 bridgehead atoms. The number of carbonyl (C=O) groups excluding carboxylic acids is 1. The molecule has 0 unspecified atom stereocenters. The Hall–Kier alpha value is -0.610. The second kappa shape index (κ2) is 3.53. The summed E-state index contributed by atoms with van der Waals surface area (Å²) in [6.07, 6.45) is 0.517. The molecule has 1 rings (SSSR count). The van der Waals surface area contributed by atoms with Crippen LogP contribution in [-0.2, 0) is 14.4 Å². The Labute approximate surface area is 59.5 Å². The van der Waals surface area contributed by atoms with Crippen LogP contribution in [0, 0.1) is 0 Å². The smallest absolute Gasteiger partial charge is 0.243 e. The maximum Gasteiger partial charge on any atom is 0.243 e. The molecular weight excluding hydrogens is 134 g/mol. The van der Waals surface area contributed by atoms with Gasteiger partial charge >= 0.3 is 0 Å². The fourth-order valence-electron chi connectivity index (χ4n) is 0.503. The highest BCUT2D eigenvalue weighted by Gasteiger charge is 2.19. The van der Waals surface area contributed by atoms with Crippen LogP contribution in [0.1, 0.15) is 13.3 Å². The van der Waals surface area contributed by atoms with E-state index < -0.39 is 0 Å². The number of hydrogen-bond donors (Lipinski definition) is 1. The molecule has 0 aliphatic carbocycles. The molecule has 0 spiro atoms. The minimum Gasteiger partial charge on any atom is -0.376 e. The van der Waals surface area contributed by atoms with Crippen molar-refractivity contribution in [3.05, 3.63) is 0 Å². The third-order valence-corrected chi connectivity index (χ3v) is 1.27. The van der Waals surface area contributed by atoms with Crippen molar-refractivity contribution in [3.8, 4) is 0 Å². The van der Waals surface area contributed by atoms with Gasteiger partial charge in [-0.05, 0) is 0 Å². The molecule has 10 heavy (non-hydrogen) atoms. The Morgan fingerprint density at radius 3 is 2.90 bits per heavy atom. The molecule has 4 heteroatoms. The third-order valence-electron chi connectivity index (χ3n) is 1.27. The number of ether oxygens (including phenoxy) is 1. The molecular formula is C6H11NO3. The number of rotatable bonds is 3. The average molecular weight is 145 g/mol. The molecule has 1 N–H and O–H groups in total. The van der Waals surface area contributed by atoms with Crippen LogP contribution >= 0.6 is 0 Å². The second-order valence-electron chi connectivity index (χ2n) is 2.16. The molecule has 0 radical (unpaired) electrons. The molecule has 0 aromatic carbocycles.